The summed E-state index contributed by atoms with van der Waals surface area (Å²) in [6.07, 6.45) is -8.92. The quantitative estimate of drug-likeness (QED) is 0.178. The summed E-state index contributed by atoms with van der Waals surface area (Å²) in [5, 5.41) is 2.81. The predicted molar refractivity (Wildman–Crippen MR) is 251 cm³/mol. The Morgan fingerprint density at radius 3 is 1.88 bits per heavy atom. The van der Waals surface area contributed by atoms with Gasteiger partial charge in [-0.05, 0) is 92.2 Å². The van der Waals surface area contributed by atoms with Crippen molar-refractivity contribution in [2.75, 3.05) is 28.3 Å². The first-order valence-corrected chi connectivity index (χ1v) is 24.3. The Morgan fingerprint density at radius 2 is 1.32 bits per heavy atom. The molecular formula is C52H74N2O15. The molecule has 2 aromatic carbocycles. The molecule has 0 aromatic heterocycles. The zero-order valence-electron chi connectivity index (χ0n) is 42.4. The molecule has 2 unspecified atom stereocenters. The maximum atomic E-state index is 14.8. The van der Waals surface area contributed by atoms with E-state index in [1.165, 1.54) is 14.2 Å². The molecule has 1 amide bonds. The molecule has 17 heteroatoms. The summed E-state index contributed by atoms with van der Waals surface area (Å²) in [4.78, 5) is 71.4. The number of ether oxygens (including phenoxy) is 10. The Hall–Kier alpha value is -4.49. The Labute approximate surface area is 406 Å². The normalized spacial score (nSPS) is 39.0. The molecule has 1 N–H and O–H groups in total. The topological polar surface area (TPSA) is 193 Å². The number of nitrogens with one attached hydrogen (secondary N) is 1. The summed E-state index contributed by atoms with van der Waals surface area (Å²) in [7, 11) is 6.85. The number of Topliss-reactive ketones (excluding diaryl/α,β-unsaturated/α-hetero) is 1. The number of carbonyl (C=O) groups excluding carboxylic acids is 5. The van der Waals surface area contributed by atoms with E-state index in [9.17, 15) is 24.0 Å². The number of rotatable bonds is 12. The Morgan fingerprint density at radius 1 is 0.739 bits per heavy atom. The summed E-state index contributed by atoms with van der Waals surface area (Å²) in [6.45, 7) is 16.2. The van der Waals surface area contributed by atoms with E-state index in [4.69, 9.17) is 47.4 Å². The van der Waals surface area contributed by atoms with Gasteiger partial charge in [-0.2, -0.15) is 0 Å². The smallest absolute Gasteiger partial charge is 0.407 e. The molecule has 4 aliphatic rings. The molecule has 0 radical (unpaired) electrons. The van der Waals surface area contributed by atoms with Gasteiger partial charge in [-0.3, -0.25) is 9.59 Å². The molecule has 4 aliphatic heterocycles. The van der Waals surface area contributed by atoms with Gasteiger partial charge in [0.15, 0.2) is 30.9 Å². The van der Waals surface area contributed by atoms with Gasteiger partial charge in [0.05, 0.1) is 59.1 Å². The molecule has 69 heavy (non-hydrogen) atoms. The number of cyclic esters (lactones) is 1. The fourth-order valence-electron chi connectivity index (χ4n) is 10.7. The summed E-state index contributed by atoms with van der Waals surface area (Å²) in [5.41, 5.74) is -1.74. The average molecular weight is 967 g/mol. The van der Waals surface area contributed by atoms with Crippen LogP contribution in [-0.4, -0.2) is 148 Å². The van der Waals surface area contributed by atoms with E-state index >= 15 is 0 Å². The second-order valence-corrected chi connectivity index (χ2v) is 20.0. The molecule has 382 valence electrons. The number of nitrogens with zero attached hydrogens (tertiary/aromatic N) is 1. The summed E-state index contributed by atoms with van der Waals surface area (Å²) in [5.74, 6) is -5.22. The van der Waals surface area contributed by atoms with Crippen LogP contribution in [0.1, 0.15) is 109 Å². The molecule has 17 nitrogen and oxygen atoms in total. The van der Waals surface area contributed by atoms with Crippen LogP contribution in [-0.2, 0) is 57.0 Å². The Balaban J connectivity index is 1.43. The van der Waals surface area contributed by atoms with E-state index in [0.717, 1.165) is 0 Å². The number of hydrogen-bond acceptors (Lipinski definition) is 16. The van der Waals surface area contributed by atoms with E-state index in [0.29, 0.717) is 17.5 Å². The molecular weight excluding hydrogens is 893 g/mol. The van der Waals surface area contributed by atoms with Crippen molar-refractivity contribution in [3.63, 3.8) is 0 Å². The fourth-order valence-corrected chi connectivity index (χ4v) is 10.7. The zero-order chi connectivity index (χ0) is 50.5. The summed E-state index contributed by atoms with van der Waals surface area (Å²) >= 11 is 0. The molecule has 18 atom stereocenters. The lowest BCUT2D eigenvalue weighted by molar-refractivity contribution is -0.318. The van der Waals surface area contributed by atoms with Gasteiger partial charge in [-0.25, -0.2) is 14.4 Å². The first kappa shape index (κ1) is 53.9. The SMILES string of the molecule is CC[C@H]1OC(=O)[C@H](C)[C@@H](OC2C[C@@](C)(OC)[C@@H](OC(=O)c3ccccc3)[C@H](C)O2)[C@H](C)[C@@H](OC2O[C@H](C)C[C@H](N(C)C)[C@H]2OC(=O)c2ccccc2)[C@@](C)(OC)C[C@@H](C)C(=O)[C@H](C)[C@H]2NC(=O)O[C@@H]21. The van der Waals surface area contributed by atoms with Crippen molar-refractivity contribution in [1.29, 1.82) is 0 Å². The minimum Gasteiger partial charge on any atom is -0.458 e. The van der Waals surface area contributed by atoms with Gasteiger partial charge in [-0.15, -0.1) is 0 Å². The van der Waals surface area contributed by atoms with Crippen LogP contribution in [0.4, 0.5) is 4.79 Å². The molecule has 0 saturated carbocycles. The highest BCUT2D eigenvalue weighted by molar-refractivity contribution is 5.90. The lowest BCUT2D eigenvalue weighted by atomic mass is 9.75. The first-order chi connectivity index (χ1) is 32.6. The van der Waals surface area contributed by atoms with Crippen LogP contribution in [0.3, 0.4) is 0 Å². The van der Waals surface area contributed by atoms with Crippen LogP contribution in [0, 0.1) is 23.7 Å². The number of fused-ring (bicyclic) bond motifs is 1. The van der Waals surface area contributed by atoms with Gasteiger partial charge in [0.25, 0.3) is 0 Å². The molecule has 0 spiro atoms. The van der Waals surface area contributed by atoms with Gasteiger partial charge >= 0.3 is 24.0 Å². The van der Waals surface area contributed by atoms with Crippen molar-refractivity contribution in [2.45, 2.75) is 173 Å². The van der Waals surface area contributed by atoms with Crippen molar-refractivity contribution in [3.05, 3.63) is 71.8 Å². The van der Waals surface area contributed by atoms with E-state index < -0.39 is 120 Å². The third-order valence-corrected chi connectivity index (χ3v) is 14.8. The van der Waals surface area contributed by atoms with Crippen LogP contribution < -0.4 is 5.32 Å². The van der Waals surface area contributed by atoms with Gasteiger partial charge < -0.3 is 57.6 Å². The van der Waals surface area contributed by atoms with Crippen LogP contribution in [0.2, 0.25) is 0 Å². The van der Waals surface area contributed by atoms with Gasteiger partial charge in [0.1, 0.15) is 17.5 Å². The number of hydrogen-bond donors (Lipinski definition) is 1. The highest BCUT2D eigenvalue weighted by Crippen LogP contribution is 2.42. The van der Waals surface area contributed by atoms with Crippen LogP contribution in [0.25, 0.3) is 0 Å². The number of amides is 1. The van der Waals surface area contributed by atoms with Crippen molar-refractivity contribution < 1.29 is 71.3 Å². The standard InChI is InChI=1S/C52H74N2O15/c1-14-37-43-39(53-50(59)67-43)30(4)40(55)28(2)26-51(8,60-12)44(69-49-42(36(54(10)11)25-29(3)62-49)66-47(57)34-21-17-15-18-22-34)31(5)41(32(6)46(56)64-37)65-38-27-52(9,61-13)45(33(7)63-38)68-48(58)35-23-19-16-20-24-35/h15-24,28-33,36-39,41-45,49H,14,25-27H2,1-13H3,(H,53,59)/t28-,29-,30-,31+,32-,33+,36+,37-,38?,39-,41+,42-,43-,44-,45+,49?,51+,52-/m1/s1. The predicted octanol–water partition coefficient (Wildman–Crippen LogP) is 6.53. The third kappa shape index (κ3) is 12.0. The van der Waals surface area contributed by atoms with Crippen LogP contribution in [0.5, 0.6) is 0 Å². The highest BCUT2D eigenvalue weighted by Gasteiger charge is 2.55. The number of ketones is 1. The van der Waals surface area contributed by atoms with Crippen molar-refractivity contribution in [2.24, 2.45) is 23.7 Å². The van der Waals surface area contributed by atoms with E-state index in [1.807, 2.05) is 59.7 Å². The van der Waals surface area contributed by atoms with Gasteiger partial charge in [-0.1, -0.05) is 64.1 Å². The maximum Gasteiger partial charge on any atom is 0.407 e. The first-order valence-electron chi connectivity index (χ1n) is 24.3. The van der Waals surface area contributed by atoms with Crippen molar-refractivity contribution in [1.82, 2.24) is 10.2 Å². The second-order valence-electron chi connectivity index (χ2n) is 20.0. The Kier molecular flexibility index (Phi) is 17.7. The molecule has 4 fully saturated rings. The maximum absolute atomic E-state index is 14.8. The van der Waals surface area contributed by atoms with Gasteiger partial charge in [0.2, 0.25) is 0 Å². The number of carbonyl (C=O) groups is 5. The lowest BCUT2D eigenvalue weighted by Crippen LogP contribution is -2.62. The zero-order valence-corrected chi connectivity index (χ0v) is 42.4. The molecule has 4 saturated heterocycles. The number of benzene rings is 2. The molecule has 6 rings (SSSR count). The van der Waals surface area contributed by atoms with E-state index in [1.54, 1.807) is 82.3 Å². The number of methoxy groups -OCH3 is 2. The van der Waals surface area contributed by atoms with Gasteiger partial charge in [0, 0.05) is 38.4 Å². The van der Waals surface area contributed by atoms with Crippen LogP contribution in [0.15, 0.2) is 60.7 Å². The van der Waals surface area contributed by atoms with Crippen molar-refractivity contribution >= 4 is 29.8 Å². The monoisotopic (exact) mass is 967 g/mol. The second kappa shape index (κ2) is 22.7. The largest absolute Gasteiger partial charge is 0.458 e. The summed E-state index contributed by atoms with van der Waals surface area (Å²) < 4.78 is 64.4. The number of esters is 3. The van der Waals surface area contributed by atoms with Crippen molar-refractivity contribution in [3.8, 4) is 0 Å². The van der Waals surface area contributed by atoms with E-state index in [-0.39, 0.29) is 37.2 Å². The number of alkyl carbamates (subject to hydrolysis) is 1. The Bertz CT molecular complexity index is 2080. The minimum absolute atomic E-state index is 0.0658. The molecule has 2 aromatic rings. The number of likely N-dealkylation sites (N-methyl/N-ethyl adjacent to an activating group) is 1. The fraction of sp³-hybridized carbons (Fsp3) is 0.673. The molecule has 0 aliphatic carbocycles. The highest BCUT2D eigenvalue weighted by atomic mass is 16.7. The molecule has 0 bridgehead atoms. The summed E-state index contributed by atoms with van der Waals surface area (Å²) in [6, 6.07) is 16.1. The lowest BCUT2D eigenvalue weighted by Gasteiger charge is -2.50. The third-order valence-electron chi connectivity index (χ3n) is 14.8. The van der Waals surface area contributed by atoms with Crippen LogP contribution >= 0.6 is 0 Å². The average Bonchev–Trinajstić information content (AvgIpc) is 3.73. The van der Waals surface area contributed by atoms with E-state index in [2.05, 4.69) is 5.32 Å². The minimum atomic E-state index is -1.32. The molecule has 4 heterocycles.